The quantitative estimate of drug-likeness (QED) is 0.880. The first-order valence-electron chi connectivity index (χ1n) is 7.76. The maximum Gasteiger partial charge on any atom is 0.272 e. The van der Waals surface area contributed by atoms with Crippen molar-refractivity contribution in [2.75, 3.05) is 32.8 Å². The summed E-state index contributed by atoms with van der Waals surface area (Å²) in [6, 6.07) is 2.18. The van der Waals surface area contributed by atoms with Crippen molar-refractivity contribution in [2.45, 2.75) is 39.3 Å². The van der Waals surface area contributed by atoms with Crippen molar-refractivity contribution in [3.63, 3.8) is 0 Å². The second kappa shape index (κ2) is 7.04. The third-order valence-electron chi connectivity index (χ3n) is 4.18. The van der Waals surface area contributed by atoms with Crippen LogP contribution in [0.25, 0.3) is 0 Å². The molecule has 0 radical (unpaired) electrons. The molecule has 0 saturated carbocycles. The molecule has 2 heterocycles. The predicted octanol–water partition coefficient (Wildman–Crippen LogP) is 0.993. The minimum Gasteiger partial charge on any atom is -0.395 e. The number of rotatable bonds is 5. The summed E-state index contributed by atoms with van der Waals surface area (Å²) >= 11 is 0. The summed E-state index contributed by atoms with van der Waals surface area (Å²) in [5, 5.41) is 13.6. The van der Waals surface area contributed by atoms with Gasteiger partial charge < -0.3 is 10.0 Å². The summed E-state index contributed by atoms with van der Waals surface area (Å²) in [5.74, 6) is 0.0536. The predicted molar refractivity (Wildman–Crippen MR) is 81.3 cm³/mol. The highest BCUT2D eigenvalue weighted by molar-refractivity contribution is 5.92. The molecule has 1 aliphatic heterocycles. The Morgan fingerprint density at radius 3 is 2.52 bits per heavy atom. The zero-order valence-electron chi connectivity index (χ0n) is 13.2. The van der Waals surface area contributed by atoms with E-state index >= 15 is 0 Å². The average molecular weight is 294 g/mol. The highest BCUT2D eigenvalue weighted by Crippen LogP contribution is 2.14. The first-order chi connectivity index (χ1) is 10.1. The van der Waals surface area contributed by atoms with Gasteiger partial charge in [0.15, 0.2) is 0 Å². The Hall–Kier alpha value is -1.40. The normalized spacial score (nSPS) is 18.2. The molecule has 6 nitrogen and oxygen atoms in total. The standard InChI is InChI=1S/C15H26N4O2/c1-4-13(11-20)17-7-9-18(10-8-17)15(21)14-5-6-16-19(14)12(2)3/h5-6,12-13,20H,4,7-11H2,1-3H3. The number of carbonyl (C=O) groups excluding carboxylic acids is 1. The fourth-order valence-corrected chi connectivity index (χ4v) is 2.85. The zero-order chi connectivity index (χ0) is 15.4. The van der Waals surface area contributed by atoms with E-state index in [0.717, 1.165) is 19.5 Å². The topological polar surface area (TPSA) is 61.6 Å². The van der Waals surface area contributed by atoms with Crippen LogP contribution in [0.1, 0.15) is 43.7 Å². The van der Waals surface area contributed by atoms with Gasteiger partial charge in [-0.05, 0) is 26.3 Å². The van der Waals surface area contributed by atoms with E-state index in [0.29, 0.717) is 18.8 Å². The Kier molecular flexibility index (Phi) is 5.36. The summed E-state index contributed by atoms with van der Waals surface area (Å²) in [5.41, 5.74) is 0.660. The monoisotopic (exact) mass is 294 g/mol. The van der Waals surface area contributed by atoms with Crippen molar-refractivity contribution in [2.24, 2.45) is 0 Å². The fourth-order valence-electron chi connectivity index (χ4n) is 2.85. The minimum atomic E-state index is 0.0536. The number of aliphatic hydroxyl groups excluding tert-OH is 1. The molecule has 1 aromatic heterocycles. The molecule has 118 valence electrons. The molecule has 1 unspecified atom stereocenters. The highest BCUT2D eigenvalue weighted by atomic mass is 16.3. The van der Waals surface area contributed by atoms with Gasteiger partial charge in [0.05, 0.1) is 6.61 Å². The average Bonchev–Trinajstić information content (AvgIpc) is 2.98. The molecule has 0 aliphatic carbocycles. The summed E-state index contributed by atoms with van der Waals surface area (Å²) in [4.78, 5) is 16.8. The van der Waals surface area contributed by atoms with Crippen LogP contribution in [-0.2, 0) is 0 Å². The Bertz CT molecular complexity index is 460. The van der Waals surface area contributed by atoms with Crippen molar-refractivity contribution in [1.29, 1.82) is 0 Å². The minimum absolute atomic E-state index is 0.0536. The van der Waals surface area contributed by atoms with Gasteiger partial charge in [-0.3, -0.25) is 14.4 Å². The van der Waals surface area contributed by atoms with Crippen molar-refractivity contribution in [3.8, 4) is 0 Å². The van der Waals surface area contributed by atoms with E-state index in [9.17, 15) is 9.90 Å². The maximum atomic E-state index is 12.6. The van der Waals surface area contributed by atoms with Crippen LogP contribution in [0, 0.1) is 0 Å². The summed E-state index contributed by atoms with van der Waals surface area (Å²) in [6.45, 7) is 9.37. The van der Waals surface area contributed by atoms with Gasteiger partial charge in [-0.15, -0.1) is 0 Å². The van der Waals surface area contributed by atoms with Gasteiger partial charge in [0, 0.05) is 44.5 Å². The van der Waals surface area contributed by atoms with Crippen LogP contribution in [0.5, 0.6) is 0 Å². The molecule has 21 heavy (non-hydrogen) atoms. The van der Waals surface area contributed by atoms with Gasteiger partial charge in [-0.1, -0.05) is 6.92 Å². The Morgan fingerprint density at radius 1 is 1.33 bits per heavy atom. The van der Waals surface area contributed by atoms with Gasteiger partial charge >= 0.3 is 0 Å². The molecule has 2 rings (SSSR count). The molecular formula is C15H26N4O2. The molecule has 1 N–H and O–H groups in total. The van der Waals surface area contributed by atoms with Crippen LogP contribution in [0.4, 0.5) is 0 Å². The fraction of sp³-hybridized carbons (Fsp3) is 0.733. The lowest BCUT2D eigenvalue weighted by molar-refractivity contribution is 0.0462. The van der Waals surface area contributed by atoms with Gasteiger partial charge in [0.1, 0.15) is 5.69 Å². The number of aliphatic hydroxyl groups is 1. The number of nitrogens with zero attached hydrogens (tertiary/aromatic N) is 4. The number of amides is 1. The molecule has 6 heteroatoms. The molecule has 0 bridgehead atoms. The lowest BCUT2D eigenvalue weighted by atomic mass is 10.1. The third kappa shape index (κ3) is 3.44. The van der Waals surface area contributed by atoms with E-state index in [1.807, 2.05) is 18.7 Å². The van der Waals surface area contributed by atoms with Crippen LogP contribution >= 0.6 is 0 Å². The zero-order valence-corrected chi connectivity index (χ0v) is 13.2. The molecule has 1 amide bonds. The number of carbonyl (C=O) groups is 1. The lowest BCUT2D eigenvalue weighted by Crippen LogP contribution is -2.53. The van der Waals surface area contributed by atoms with Crippen LogP contribution < -0.4 is 0 Å². The van der Waals surface area contributed by atoms with Crippen LogP contribution in [0.15, 0.2) is 12.3 Å². The number of hydrogen-bond acceptors (Lipinski definition) is 4. The van der Waals surface area contributed by atoms with Gasteiger partial charge in [0.2, 0.25) is 0 Å². The highest BCUT2D eigenvalue weighted by Gasteiger charge is 2.27. The molecule has 1 saturated heterocycles. The number of hydrogen-bond donors (Lipinski definition) is 1. The first-order valence-corrected chi connectivity index (χ1v) is 7.76. The van der Waals surface area contributed by atoms with E-state index in [-0.39, 0.29) is 24.6 Å². The number of aromatic nitrogens is 2. The first kappa shape index (κ1) is 16.0. The lowest BCUT2D eigenvalue weighted by Gasteiger charge is -2.38. The molecule has 1 atom stereocenters. The Labute approximate surface area is 126 Å². The van der Waals surface area contributed by atoms with Crippen molar-refractivity contribution in [1.82, 2.24) is 19.6 Å². The summed E-state index contributed by atoms with van der Waals surface area (Å²) in [6.07, 6.45) is 2.62. The second-order valence-corrected chi connectivity index (χ2v) is 5.83. The van der Waals surface area contributed by atoms with Gasteiger partial charge in [0.25, 0.3) is 5.91 Å². The van der Waals surface area contributed by atoms with Crippen LogP contribution in [0.2, 0.25) is 0 Å². The molecular weight excluding hydrogens is 268 g/mol. The Morgan fingerprint density at radius 2 is 2.00 bits per heavy atom. The van der Waals surface area contributed by atoms with Crippen molar-refractivity contribution >= 4 is 5.91 Å². The maximum absolute atomic E-state index is 12.6. The van der Waals surface area contributed by atoms with Crippen LogP contribution in [0.3, 0.4) is 0 Å². The van der Waals surface area contributed by atoms with E-state index in [1.165, 1.54) is 0 Å². The molecule has 0 aromatic carbocycles. The van der Waals surface area contributed by atoms with E-state index in [2.05, 4.69) is 16.9 Å². The van der Waals surface area contributed by atoms with E-state index in [4.69, 9.17) is 0 Å². The second-order valence-electron chi connectivity index (χ2n) is 5.83. The molecule has 1 aromatic rings. The smallest absolute Gasteiger partial charge is 0.272 e. The van der Waals surface area contributed by atoms with Gasteiger partial charge in [-0.25, -0.2) is 0 Å². The molecule has 1 fully saturated rings. The largest absolute Gasteiger partial charge is 0.395 e. The third-order valence-corrected chi connectivity index (χ3v) is 4.18. The van der Waals surface area contributed by atoms with Crippen LogP contribution in [-0.4, -0.2) is 69.4 Å². The molecule has 0 spiro atoms. The van der Waals surface area contributed by atoms with Crippen molar-refractivity contribution in [3.05, 3.63) is 18.0 Å². The van der Waals surface area contributed by atoms with E-state index < -0.39 is 0 Å². The SMILES string of the molecule is CCC(CO)N1CCN(C(=O)c2ccnn2C(C)C)CC1. The van der Waals surface area contributed by atoms with Gasteiger partial charge in [-0.2, -0.15) is 5.10 Å². The number of piperazine rings is 1. The summed E-state index contributed by atoms with van der Waals surface area (Å²) < 4.78 is 1.78. The van der Waals surface area contributed by atoms with Crippen molar-refractivity contribution < 1.29 is 9.90 Å². The Balaban J connectivity index is 1.99. The molecule has 1 aliphatic rings. The summed E-state index contributed by atoms with van der Waals surface area (Å²) in [7, 11) is 0. The van der Waals surface area contributed by atoms with E-state index in [1.54, 1.807) is 16.9 Å².